The zero-order chi connectivity index (χ0) is 28.0. The van der Waals surface area contributed by atoms with Crippen molar-refractivity contribution < 1.29 is 44.3 Å². The van der Waals surface area contributed by atoms with E-state index in [2.05, 4.69) is 11.7 Å². The van der Waals surface area contributed by atoms with E-state index in [-0.39, 0.29) is 18.1 Å². The fraction of sp³-hybridized carbons (Fsp3) is 0.481. The van der Waals surface area contributed by atoms with Gasteiger partial charge in [-0.25, -0.2) is 17.6 Å². The van der Waals surface area contributed by atoms with Crippen molar-refractivity contribution in [3.8, 4) is 17.6 Å². The van der Waals surface area contributed by atoms with Gasteiger partial charge in [0, 0.05) is 23.6 Å². The average molecular weight is 538 g/mol. The van der Waals surface area contributed by atoms with Gasteiger partial charge in [0.05, 0.1) is 12.0 Å². The third-order valence-corrected chi connectivity index (χ3v) is 5.93. The molecule has 0 N–H and O–H groups in total. The molecule has 1 aliphatic carbocycles. The molecule has 0 aliphatic heterocycles. The molecule has 10 heteroatoms. The van der Waals surface area contributed by atoms with Gasteiger partial charge in [-0.3, -0.25) is 0 Å². The smallest absolute Gasteiger partial charge is 0.432 e. The van der Waals surface area contributed by atoms with Gasteiger partial charge in [0.2, 0.25) is 0 Å². The number of ether oxygens (including phenoxy) is 1. The molecule has 0 atom stereocenters. The quantitative estimate of drug-likeness (QED) is 0.263. The third-order valence-electron chi connectivity index (χ3n) is 5.93. The van der Waals surface area contributed by atoms with Crippen molar-refractivity contribution >= 4 is 0 Å². The predicted molar refractivity (Wildman–Crippen MR) is 121 cm³/mol. The van der Waals surface area contributed by atoms with E-state index in [1.54, 1.807) is 0 Å². The third kappa shape index (κ3) is 8.90. The van der Waals surface area contributed by atoms with E-state index >= 15 is 0 Å². The van der Waals surface area contributed by atoms with Crippen molar-refractivity contribution in [1.29, 1.82) is 0 Å². The molecule has 204 valence electrons. The topological polar surface area (TPSA) is 9.23 Å². The lowest BCUT2D eigenvalue weighted by atomic mass is 9.79. The molecule has 1 saturated carbocycles. The molecule has 37 heavy (non-hydrogen) atoms. The first-order valence-electron chi connectivity index (χ1n) is 11.9. The summed E-state index contributed by atoms with van der Waals surface area (Å²) >= 11 is 0. The van der Waals surface area contributed by atoms with Crippen LogP contribution < -0.4 is 4.74 Å². The van der Waals surface area contributed by atoms with Crippen LogP contribution in [0.3, 0.4) is 0 Å². The van der Waals surface area contributed by atoms with Gasteiger partial charge in [0.1, 0.15) is 29.0 Å². The van der Waals surface area contributed by atoms with E-state index in [1.807, 2.05) is 13.8 Å². The molecule has 0 heterocycles. The maximum Gasteiger partial charge on any atom is 0.458 e. The first kappa shape index (κ1) is 30.4. The molecule has 0 spiro atoms. The fourth-order valence-electron chi connectivity index (χ4n) is 4.05. The van der Waals surface area contributed by atoms with Crippen molar-refractivity contribution in [3.63, 3.8) is 0 Å². The highest BCUT2D eigenvalue weighted by atomic mass is 19.4. The molecule has 0 unspecified atom stereocenters. The maximum atomic E-state index is 14.5. The number of hydrogen-bond donors (Lipinski definition) is 0. The number of benzene rings is 2. The van der Waals surface area contributed by atoms with E-state index in [1.165, 1.54) is 5.92 Å². The summed E-state index contributed by atoms with van der Waals surface area (Å²) in [6.45, 7) is 6.10. The SMILES string of the molecule is CC.CC1CCC(c2cc(F)c(CCC(F)(F)Oc3cc(F)c(C#CC(F)(F)F)c(F)c3)c(F)c2)CC1. The molecule has 0 amide bonds. The Labute approximate surface area is 210 Å². The molecule has 0 saturated heterocycles. The Morgan fingerprint density at radius 1 is 0.811 bits per heavy atom. The van der Waals surface area contributed by atoms with Gasteiger partial charge < -0.3 is 4.74 Å². The van der Waals surface area contributed by atoms with Crippen molar-refractivity contribution in [2.45, 2.75) is 77.5 Å². The molecule has 2 aromatic rings. The maximum absolute atomic E-state index is 14.5. The van der Waals surface area contributed by atoms with Crippen LogP contribution >= 0.6 is 0 Å². The molecule has 1 nitrogen and oxygen atoms in total. The summed E-state index contributed by atoms with van der Waals surface area (Å²) in [7, 11) is 0. The van der Waals surface area contributed by atoms with Gasteiger partial charge in [0.15, 0.2) is 0 Å². The Hall–Kier alpha value is -2.83. The Bertz CT molecular complexity index is 1070. The van der Waals surface area contributed by atoms with E-state index in [9.17, 15) is 39.5 Å². The molecule has 3 rings (SSSR count). The van der Waals surface area contributed by atoms with Gasteiger partial charge in [-0.2, -0.15) is 22.0 Å². The highest BCUT2D eigenvalue weighted by Crippen LogP contribution is 2.37. The second kappa shape index (κ2) is 12.6. The van der Waals surface area contributed by atoms with Crippen molar-refractivity contribution in [2.24, 2.45) is 5.92 Å². The number of halogens is 9. The van der Waals surface area contributed by atoms with E-state index < -0.39 is 65.3 Å². The summed E-state index contributed by atoms with van der Waals surface area (Å²) in [5, 5.41) is 0. The lowest BCUT2D eigenvalue weighted by Crippen LogP contribution is -2.26. The van der Waals surface area contributed by atoms with Gasteiger partial charge in [-0.15, -0.1) is 0 Å². The normalized spacial score (nSPS) is 17.8. The predicted octanol–water partition coefficient (Wildman–Crippen LogP) is 9.08. The molecule has 0 bridgehead atoms. The summed E-state index contributed by atoms with van der Waals surface area (Å²) in [5.41, 5.74) is -1.37. The van der Waals surface area contributed by atoms with E-state index in [4.69, 9.17) is 0 Å². The second-order valence-electron chi connectivity index (χ2n) is 8.67. The molecule has 1 aliphatic rings. The molecular weight excluding hydrogens is 511 g/mol. The molecule has 2 aromatic carbocycles. The molecular formula is C27H27F9O. The first-order chi connectivity index (χ1) is 17.2. The summed E-state index contributed by atoms with van der Waals surface area (Å²) in [6, 6.07) is 2.78. The minimum atomic E-state index is -5.02. The van der Waals surface area contributed by atoms with Crippen LogP contribution in [-0.4, -0.2) is 12.3 Å². The molecule has 1 fully saturated rings. The fourth-order valence-corrected chi connectivity index (χ4v) is 4.05. The number of rotatable bonds is 6. The molecule has 0 radical (unpaired) electrons. The first-order valence-corrected chi connectivity index (χ1v) is 11.9. The van der Waals surface area contributed by atoms with Gasteiger partial charge in [-0.1, -0.05) is 39.5 Å². The van der Waals surface area contributed by atoms with Gasteiger partial charge >= 0.3 is 12.3 Å². The van der Waals surface area contributed by atoms with Crippen LogP contribution in [0.1, 0.15) is 75.5 Å². The Morgan fingerprint density at radius 2 is 1.32 bits per heavy atom. The Morgan fingerprint density at radius 3 is 1.81 bits per heavy atom. The number of alkyl halides is 5. The summed E-state index contributed by atoms with van der Waals surface area (Å²) in [6.07, 6.45) is -7.69. The van der Waals surface area contributed by atoms with E-state index in [0.29, 0.717) is 17.4 Å². The average Bonchev–Trinajstić information content (AvgIpc) is 2.78. The largest absolute Gasteiger partial charge is 0.458 e. The lowest BCUT2D eigenvalue weighted by molar-refractivity contribution is -0.180. The van der Waals surface area contributed by atoms with Crippen LogP contribution in [0.5, 0.6) is 5.75 Å². The van der Waals surface area contributed by atoms with Crippen molar-refractivity contribution in [2.75, 3.05) is 0 Å². The van der Waals surface area contributed by atoms with Crippen molar-refractivity contribution in [3.05, 3.63) is 64.2 Å². The lowest BCUT2D eigenvalue weighted by Gasteiger charge is -2.27. The Kier molecular flexibility index (Phi) is 10.4. The summed E-state index contributed by atoms with van der Waals surface area (Å²) in [5.74, 6) is -3.81. The van der Waals surface area contributed by atoms with Gasteiger partial charge in [-0.05, 0) is 48.8 Å². The van der Waals surface area contributed by atoms with Crippen LogP contribution in [0.15, 0.2) is 24.3 Å². The zero-order valence-corrected chi connectivity index (χ0v) is 20.5. The standard InChI is InChI=1S/C25H21F9O.C2H6/c1-14-2-4-15(5-3-14)16-10-20(26)19(21(27)11-16)7-9-25(33,34)35-17-12-22(28)18(23(29)13-17)6-8-24(30,31)32;1-2/h10-15H,2-5,7,9H2,1H3;1-2H3. The minimum absolute atomic E-state index is 0.0115. The summed E-state index contributed by atoms with van der Waals surface area (Å²) in [4.78, 5) is 0. The van der Waals surface area contributed by atoms with Crippen LogP contribution in [0.4, 0.5) is 39.5 Å². The molecule has 0 aromatic heterocycles. The second-order valence-corrected chi connectivity index (χ2v) is 8.67. The van der Waals surface area contributed by atoms with Crippen LogP contribution in [-0.2, 0) is 6.42 Å². The summed E-state index contributed by atoms with van der Waals surface area (Å²) < 4.78 is 126. The highest BCUT2D eigenvalue weighted by molar-refractivity contribution is 5.42. The van der Waals surface area contributed by atoms with Gasteiger partial charge in [0.25, 0.3) is 0 Å². The minimum Gasteiger partial charge on any atom is -0.432 e. The van der Waals surface area contributed by atoms with Crippen LogP contribution in [0.25, 0.3) is 0 Å². The zero-order valence-electron chi connectivity index (χ0n) is 20.5. The van der Waals surface area contributed by atoms with E-state index in [0.717, 1.165) is 37.8 Å². The highest BCUT2D eigenvalue weighted by Gasteiger charge is 2.33. The Balaban J connectivity index is 0.00000235. The monoisotopic (exact) mass is 538 g/mol. The van der Waals surface area contributed by atoms with Crippen LogP contribution in [0, 0.1) is 41.0 Å². The number of hydrogen-bond acceptors (Lipinski definition) is 1. The van der Waals surface area contributed by atoms with Crippen molar-refractivity contribution in [1.82, 2.24) is 0 Å². The van der Waals surface area contributed by atoms with Crippen LogP contribution in [0.2, 0.25) is 0 Å².